The van der Waals surface area contributed by atoms with Crippen LogP contribution in [0.4, 0.5) is 0 Å². The van der Waals surface area contributed by atoms with Gasteiger partial charge in [0, 0.05) is 12.1 Å². The molecule has 82 valence electrons. The van der Waals surface area contributed by atoms with Crippen LogP contribution in [0, 0.1) is 0 Å². The quantitative estimate of drug-likeness (QED) is 0.849. The first-order valence-electron chi connectivity index (χ1n) is 5.30. The molecule has 0 spiro atoms. The topological polar surface area (TPSA) is 63.7 Å². The highest BCUT2D eigenvalue weighted by atomic mass is 16.5. The van der Waals surface area contributed by atoms with Crippen molar-refractivity contribution < 1.29 is 4.74 Å². The third-order valence-electron chi connectivity index (χ3n) is 2.67. The van der Waals surface area contributed by atoms with E-state index >= 15 is 0 Å². The number of methoxy groups -OCH3 is 1. The van der Waals surface area contributed by atoms with E-state index in [-0.39, 0.29) is 0 Å². The van der Waals surface area contributed by atoms with Crippen LogP contribution in [0.15, 0.2) is 18.3 Å². The minimum atomic E-state index is 0.559. The summed E-state index contributed by atoms with van der Waals surface area (Å²) in [5.74, 6) is 2.76. The Morgan fingerprint density at radius 2 is 2.31 bits per heavy atom. The number of nitrogens with one attached hydrogen (secondary N) is 1. The van der Waals surface area contributed by atoms with Crippen LogP contribution in [0.2, 0.25) is 0 Å². The zero-order valence-electron chi connectivity index (χ0n) is 8.97. The van der Waals surface area contributed by atoms with Gasteiger partial charge in [-0.05, 0) is 25.0 Å². The van der Waals surface area contributed by atoms with E-state index in [1.807, 2.05) is 12.1 Å². The van der Waals surface area contributed by atoms with Crippen LogP contribution in [0.3, 0.4) is 0 Å². The van der Waals surface area contributed by atoms with Crippen LogP contribution in [0.5, 0.6) is 5.88 Å². The largest absolute Gasteiger partial charge is 0.480 e. The van der Waals surface area contributed by atoms with Crippen molar-refractivity contribution >= 4 is 0 Å². The van der Waals surface area contributed by atoms with E-state index < -0.39 is 0 Å². The van der Waals surface area contributed by atoms with Gasteiger partial charge in [0.25, 0.3) is 0 Å². The molecule has 2 aromatic heterocycles. The zero-order chi connectivity index (χ0) is 11.0. The highest BCUT2D eigenvalue weighted by Crippen LogP contribution is 2.38. The average Bonchev–Trinajstić information content (AvgIpc) is 3.07. The van der Waals surface area contributed by atoms with E-state index in [9.17, 15) is 0 Å². The first-order chi connectivity index (χ1) is 7.88. The van der Waals surface area contributed by atoms with Gasteiger partial charge < -0.3 is 4.74 Å². The zero-order valence-corrected chi connectivity index (χ0v) is 8.97. The fourth-order valence-electron chi connectivity index (χ4n) is 1.66. The molecule has 1 N–H and O–H groups in total. The van der Waals surface area contributed by atoms with Crippen molar-refractivity contribution in [3.05, 3.63) is 24.2 Å². The van der Waals surface area contributed by atoms with Crippen LogP contribution in [-0.2, 0) is 0 Å². The second-order valence-electron chi connectivity index (χ2n) is 3.88. The number of H-pyrrole nitrogens is 1. The highest BCUT2D eigenvalue weighted by molar-refractivity contribution is 5.60. The summed E-state index contributed by atoms with van der Waals surface area (Å²) in [6, 6.07) is 3.76. The Kier molecular flexibility index (Phi) is 2.09. The van der Waals surface area contributed by atoms with E-state index in [1.165, 1.54) is 12.8 Å². The van der Waals surface area contributed by atoms with Crippen LogP contribution in [-0.4, -0.2) is 27.3 Å². The number of ether oxygens (including phenoxy) is 1. The first kappa shape index (κ1) is 9.33. The van der Waals surface area contributed by atoms with Crippen LogP contribution in [0.25, 0.3) is 11.4 Å². The summed E-state index contributed by atoms with van der Waals surface area (Å²) < 4.78 is 5.18. The number of nitrogens with zero attached hydrogens (tertiary/aromatic N) is 3. The molecule has 0 aromatic carbocycles. The Morgan fingerprint density at radius 1 is 1.44 bits per heavy atom. The lowest BCUT2D eigenvalue weighted by Crippen LogP contribution is -1.92. The molecule has 2 aromatic rings. The van der Waals surface area contributed by atoms with Gasteiger partial charge in [-0.15, -0.1) is 0 Å². The maximum absolute atomic E-state index is 5.18. The first-order valence-corrected chi connectivity index (χ1v) is 5.30. The van der Waals surface area contributed by atoms with Gasteiger partial charge in [0.05, 0.1) is 12.7 Å². The molecule has 0 atom stereocenters. The van der Waals surface area contributed by atoms with Crippen molar-refractivity contribution in [1.82, 2.24) is 20.2 Å². The van der Waals surface area contributed by atoms with E-state index in [2.05, 4.69) is 20.2 Å². The number of aromatic amines is 1. The molecule has 3 rings (SSSR count). The number of rotatable bonds is 3. The molecule has 1 aliphatic rings. The van der Waals surface area contributed by atoms with Crippen LogP contribution < -0.4 is 4.74 Å². The SMILES string of the molecule is COc1ncccc1-c1n[nH]c(C2CC2)n1. The number of pyridine rings is 1. The standard InChI is InChI=1S/C11H12N4O/c1-16-11-8(3-2-6-12-11)10-13-9(14-15-10)7-4-5-7/h2-3,6-7H,4-5H2,1H3,(H,13,14,15). The Bertz CT molecular complexity index is 504. The van der Waals surface area contributed by atoms with Crippen molar-refractivity contribution in [2.45, 2.75) is 18.8 Å². The Hall–Kier alpha value is -1.91. The van der Waals surface area contributed by atoms with Crippen molar-refractivity contribution in [2.75, 3.05) is 7.11 Å². The number of hydrogen-bond acceptors (Lipinski definition) is 4. The van der Waals surface area contributed by atoms with E-state index in [0.717, 1.165) is 11.4 Å². The molecule has 0 unspecified atom stereocenters. The van der Waals surface area contributed by atoms with Crippen molar-refractivity contribution in [3.8, 4) is 17.3 Å². The summed E-state index contributed by atoms with van der Waals surface area (Å²) in [5.41, 5.74) is 0.827. The summed E-state index contributed by atoms with van der Waals surface area (Å²) in [6.07, 6.45) is 4.11. The maximum atomic E-state index is 5.18. The summed E-state index contributed by atoms with van der Waals surface area (Å²) in [5, 5.41) is 7.17. The van der Waals surface area contributed by atoms with Crippen molar-refractivity contribution in [2.24, 2.45) is 0 Å². The van der Waals surface area contributed by atoms with Gasteiger partial charge >= 0.3 is 0 Å². The van der Waals surface area contributed by atoms with Gasteiger partial charge in [-0.1, -0.05) is 0 Å². The molecule has 2 heterocycles. The average molecular weight is 216 g/mol. The van der Waals surface area contributed by atoms with E-state index in [0.29, 0.717) is 17.6 Å². The molecule has 16 heavy (non-hydrogen) atoms. The fourth-order valence-corrected chi connectivity index (χ4v) is 1.66. The monoisotopic (exact) mass is 216 g/mol. The Balaban J connectivity index is 2.00. The van der Waals surface area contributed by atoms with E-state index in [4.69, 9.17) is 4.74 Å². The van der Waals surface area contributed by atoms with Crippen LogP contribution in [0.1, 0.15) is 24.6 Å². The van der Waals surface area contributed by atoms with Gasteiger partial charge in [0.2, 0.25) is 5.88 Å². The minimum Gasteiger partial charge on any atom is -0.480 e. The molecule has 1 aliphatic carbocycles. The Labute approximate surface area is 92.9 Å². The smallest absolute Gasteiger partial charge is 0.224 e. The van der Waals surface area contributed by atoms with Gasteiger partial charge in [-0.3, -0.25) is 5.10 Å². The number of hydrogen-bond donors (Lipinski definition) is 1. The molecular weight excluding hydrogens is 204 g/mol. The highest BCUT2D eigenvalue weighted by Gasteiger charge is 2.27. The van der Waals surface area contributed by atoms with Crippen molar-refractivity contribution in [1.29, 1.82) is 0 Å². The molecule has 0 amide bonds. The molecule has 1 saturated carbocycles. The predicted octanol–water partition coefficient (Wildman–Crippen LogP) is 1.75. The predicted molar refractivity (Wildman–Crippen MR) is 58.1 cm³/mol. The Morgan fingerprint density at radius 3 is 3.06 bits per heavy atom. The van der Waals surface area contributed by atoms with E-state index in [1.54, 1.807) is 13.3 Å². The lowest BCUT2D eigenvalue weighted by atomic mass is 10.2. The van der Waals surface area contributed by atoms with Gasteiger partial charge in [0.15, 0.2) is 5.82 Å². The fraction of sp³-hybridized carbons (Fsp3) is 0.364. The molecule has 1 fully saturated rings. The lowest BCUT2D eigenvalue weighted by molar-refractivity contribution is 0.399. The molecule has 0 bridgehead atoms. The molecule has 5 nitrogen and oxygen atoms in total. The lowest BCUT2D eigenvalue weighted by Gasteiger charge is -2.01. The second kappa shape index (κ2) is 3.59. The minimum absolute atomic E-state index is 0.559. The normalized spacial score (nSPS) is 15.1. The summed E-state index contributed by atoms with van der Waals surface area (Å²) in [4.78, 5) is 8.59. The third kappa shape index (κ3) is 1.54. The summed E-state index contributed by atoms with van der Waals surface area (Å²) in [7, 11) is 1.60. The molecule has 0 saturated heterocycles. The molecule has 0 aliphatic heterocycles. The second-order valence-corrected chi connectivity index (χ2v) is 3.88. The van der Waals surface area contributed by atoms with Gasteiger partial charge in [0.1, 0.15) is 5.82 Å². The van der Waals surface area contributed by atoms with Crippen LogP contribution >= 0.6 is 0 Å². The summed E-state index contributed by atoms with van der Waals surface area (Å²) in [6.45, 7) is 0. The number of aromatic nitrogens is 4. The maximum Gasteiger partial charge on any atom is 0.224 e. The summed E-state index contributed by atoms with van der Waals surface area (Å²) >= 11 is 0. The van der Waals surface area contributed by atoms with Crippen molar-refractivity contribution in [3.63, 3.8) is 0 Å². The third-order valence-corrected chi connectivity index (χ3v) is 2.67. The molecule has 0 radical (unpaired) electrons. The molecular formula is C11H12N4O. The molecule has 5 heteroatoms. The van der Waals surface area contributed by atoms with Gasteiger partial charge in [-0.25, -0.2) is 9.97 Å². The van der Waals surface area contributed by atoms with Gasteiger partial charge in [-0.2, -0.15) is 5.10 Å².